The lowest BCUT2D eigenvalue weighted by atomic mass is 9.73. The van der Waals surface area contributed by atoms with Gasteiger partial charge in [-0.2, -0.15) is 0 Å². The van der Waals surface area contributed by atoms with Gasteiger partial charge in [0.25, 0.3) is 0 Å². The topological polar surface area (TPSA) is 19.7 Å². The Morgan fingerprint density at radius 2 is 1.54 bits per heavy atom. The summed E-state index contributed by atoms with van der Waals surface area (Å²) in [6.45, 7) is 4.75. The first-order chi connectivity index (χ1) is 12.8. The van der Waals surface area contributed by atoms with Crippen molar-refractivity contribution >= 4 is 0 Å². The summed E-state index contributed by atoms with van der Waals surface area (Å²) in [4.78, 5) is 3.28. The van der Waals surface area contributed by atoms with Crippen molar-refractivity contribution in [2.75, 3.05) is 0 Å². The quantitative estimate of drug-likeness (QED) is 0.265. The van der Waals surface area contributed by atoms with Crippen LogP contribution in [0.2, 0.25) is 0 Å². The highest BCUT2D eigenvalue weighted by Crippen LogP contribution is 2.38. The molecule has 0 aliphatic heterocycles. The lowest BCUT2D eigenvalue weighted by Gasteiger charge is -2.37. The first-order valence-corrected chi connectivity index (χ1v) is 11.8. The molecule has 0 amide bonds. The first kappa shape index (κ1) is 21.5. The SMILES string of the molecule is CCCCCCCCCCCCCCC1([n+]2cc[nH]c2)CCCC(C)C1. The predicted molar refractivity (Wildman–Crippen MR) is 112 cm³/mol. The molecule has 0 aromatic carbocycles. The number of nitrogens with one attached hydrogen (secondary N) is 1. The molecule has 0 bridgehead atoms. The third-order valence-corrected chi connectivity index (χ3v) is 6.66. The van der Waals surface area contributed by atoms with E-state index >= 15 is 0 Å². The molecule has 1 N–H and O–H groups in total. The second-order valence-electron chi connectivity index (χ2n) is 9.08. The molecule has 2 heteroatoms. The molecular formula is C24H45N2+. The van der Waals surface area contributed by atoms with E-state index in [1.165, 1.54) is 109 Å². The van der Waals surface area contributed by atoms with Crippen molar-refractivity contribution in [3.05, 3.63) is 18.7 Å². The van der Waals surface area contributed by atoms with Crippen molar-refractivity contribution in [3.63, 3.8) is 0 Å². The first-order valence-electron chi connectivity index (χ1n) is 11.8. The van der Waals surface area contributed by atoms with Crippen LogP contribution in [0.4, 0.5) is 0 Å². The molecule has 1 heterocycles. The van der Waals surface area contributed by atoms with Crippen LogP contribution in [0, 0.1) is 5.92 Å². The molecule has 2 nitrogen and oxygen atoms in total. The number of H-pyrrole nitrogens is 1. The lowest BCUT2D eigenvalue weighted by molar-refractivity contribution is -0.769. The average molecular weight is 362 g/mol. The van der Waals surface area contributed by atoms with E-state index in [1.54, 1.807) is 0 Å². The van der Waals surface area contributed by atoms with Gasteiger partial charge in [0.1, 0.15) is 17.9 Å². The summed E-state index contributed by atoms with van der Waals surface area (Å²) in [7, 11) is 0. The van der Waals surface area contributed by atoms with Gasteiger partial charge in [0.05, 0.1) is 0 Å². The van der Waals surface area contributed by atoms with Crippen molar-refractivity contribution in [3.8, 4) is 0 Å². The third kappa shape index (κ3) is 7.45. The molecular weight excluding hydrogens is 316 g/mol. The Morgan fingerprint density at radius 1 is 0.923 bits per heavy atom. The summed E-state index contributed by atoms with van der Waals surface area (Å²) in [5.74, 6) is 0.878. The maximum absolute atomic E-state index is 3.28. The van der Waals surface area contributed by atoms with Crippen molar-refractivity contribution in [1.82, 2.24) is 4.98 Å². The second kappa shape index (κ2) is 12.6. The van der Waals surface area contributed by atoms with Crippen LogP contribution >= 0.6 is 0 Å². The molecule has 2 unspecified atom stereocenters. The van der Waals surface area contributed by atoms with Gasteiger partial charge in [-0.25, -0.2) is 4.57 Å². The van der Waals surface area contributed by atoms with E-state index in [4.69, 9.17) is 0 Å². The predicted octanol–water partition coefficient (Wildman–Crippen LogP) is 7.30. The van der Waals surface area contributed by atoms with E-state index in [-0.39, 0.29) is 0 Å². The van der Waals surface area contributed by atoms with E-state index in [9.17, 15) is 0 Å². The second-order valence-corrected chi connectivity index (χ2v) is 9.08. The minimum Gasteiger partial charge on any atom is -0.250 e. The highest BCUT2D eigenvalue weighted by atomic mass is 15.1. The monoisotopic (exact) mass is 361 g/mol. The zero-order chi connectivity index (χ0) is 18.5. The molecule has 1 fully saturated rings. The third-order valence-electron chi connectivity index (χ3n) is 6.66. The van der Waals surface area contributed by atoms with Crippen LogP contribution in [0.25, 0.3) is 0 Å². The van der Waals surface area contributed by atoms with Gasteiger partial charge in [0, 0.05) is 0 Å². The molecule has 2 rings (SSSR count). The highest BCUT2D eigenvalue weighted by Gasteiger charge is 2.39. The molecule has 1 saturated carbocycles. The number of rotatable bonds is 14. The van der Waals surface area contributed by atoms with E-state index in [0.29, 0.717) is 5.54 Å². The van der Waals surface area contributed by atoms with E-state index in [2.05, 4.69) is 42.1 Å². The molecule has 0 spiro atoms. The number of imidazole rings is 1. The van der Waals surface area contributed by atoms with Gasteiger partial charge in [0.2, 0.25) is 6.33 Å². The number of hydrogen-bond donors (Lipinski definition) is 1. The number of nitrogens with zero attached hydrogens (tertiary/aromatic N) is 1. The van der Waals surface area contributed by atoms with Crippen LogP contribution in [-0.4, -0.2) is 4.98 Å². The molecule has 1 aliphatic carbocycles. The molecule has 2 atom stereocenters. The fourth-order valence-corrected chi connectivity index (χ4v) is 5.10. The van der Waals surface area contributed by atoms with Gasteiger partial charge < -0.3 is 0 Å². The van der Waals surface area contributed by atoms with Crippen molar-refractivity contribution in [2.24, 2.45) is 5.92 Å². The van der Waals surface area contributed by atoms with Crippen LogP contribution in [0.1, 0.15) is 123 Å². The Bertz CT molecular complexity index is 439. The normalized spacial score (nSPS) is 23.4. The number of aromatic amines is 1. The van der Waals surface area contributed by atoms with Crippen LogP contribution in [0.15, 0.2) is 18.7 Å². The summed E-state index contributed by atoms with van der Waals surface area (Å²) in [6.07, 6.45) is 30.8. The van der Waals surface area contributed by atoms with Gasteiger partial charge >= 0.3 is 0 Å². The van der Waals surface area contributed by atoms with E-state index < -0.39 is 0 Å². The number of hydrogen-bond acceptors (Lipinski definition) is 0. The summed E-state index contributed by atoms with van der Waals surface area (Å²) >= 11 is 0. The fraction of sp³-hybridized carbons (Fsp3) is 0.875. The maximum Gasteiger partial charge on any atom is 0.241 e. The summed E-state index contributed by atoms with van der Waals surface area (Å²) in [5.41, 5.74) is 0.399. The summed E-state index contributed by atoms with van der Waals surface area (Å²) in [5, 5.41) is 0. The van der Waals surface area contributed by atoms with Crippen molar-refractivity contribution < 1.29 is 4.57 Å². The van der Waals surface area contributed by atoms with Crippen LogP contribution in [-0.2, 0) is 5.54 Å². The van der Waals surface area contributed by atoms with Gasteiger partial charge in [0.15, 0.2) is 0 Å². The summed E-state index contributed by atoms with van der Waals surface area (Å²) in [6, 6.07) is 0. The zero-order valence-electron chi connectivity index (χ0n) is 17.8. The Morgan fingerprint density at radius 3 is 2.08 bits per heavy atom. The molecule has 0 radical (unpaired) electrons. The minimum atomic E-state index is 0.399. The highest BCUT2D eigenvalue weighted by molar-refractivity contribution is 4.82. The van der Waals surface area contributed by atoms with Gasteiger partial charge in [-0.05, 0) is 38.0 Å². The van der Waals surface area contributed by atoms with Gasteiger partial charge in [-0.15, -0.1) is 0 Å². The van der Waals surface area contributed by atoms with Gasteiger partial charge in [-0.1, -0.05) is 90.9 Å². The lowest BCUT2D eigenvalue weighted by Crippen LogP contribution is -2.57. The van der Waals surface area contributed by atoms with Gasteiger partial charge in [-0.3, -0.25) is 4.98 Å². The number of unbranched alkanes of at least 4 members (excludes halogenated alkanes) is 11. The van der Waals surface area contributed by atoms with Crippen LogP contribution in [0.3, 0.4) is 0 Å². The van der Waals surface area contributed by atoms with Crippen molar-refractivity contribution in [1.29, 1.82) is 0 Å². The standard InChI is InChI=1S/C24H44N2/c1-3-4-5-6-7-8-9-10-11-12-13-14-17-24(26-20-19-25-22-26)18-15-16-23(2)21-24/h19-20,22-23H,3-18,21H2,1-2H3/p+1. The maximum atomic E-state index is 3.28. The smallest absolute Gasteiger partial charge is 0.241 e. The Hall–Kier alpha value is -0.790. The molecule has 1 aliphatic rings. The van der Waals surface area contributed by atoms with Crippen molar-refractivity contribution in [2.45, 2.75) is 129 Å². The number of aromatic nitrogens is 2. The Balaban J connectivity index is 1.55. The molecule has 26 heavy (non-hydrogen) atoms. The van der Waals surface area contributed by atoms with Crippen LogP contribution < -0.4 is 4.57 Å². The minimum absolute atomic E-state index is 0.399. The Labute approximate surface area is 163 Å². The van der Waals surface area contributed by atoms with Crippen LogP contribution in [0.5, 0.6) is 0 Å². The van der Waals surface area contributed by atoms with E-state index in [0.717, 1.165) is 5.92 Å². The van der Waals surface area contributed by atoms with E-state index in [1.807, 2.05) is 0 Å². The molecule has 1 aromatic rings. The fourth-order valence-electron chi connectivity index (χ4n) is 5.10. The zero-order valence-corrected chi connectivity index (χ0v) is 17.8. The molecule has 0 saturated heterocycles. The molecule has 1 aromatic heterocycles. The summed E-state index contributed by atoms with van der Waals surface area (Å²) < 4.78 is 2.50. The molecule has 150 valence electrons. The average Bonchev–Trinajstić information content (AvgIpc) is 3.18. The Kier molecular flexibility index (Phi) is 10.4. The largest absolute Gasteiger partial charge is 0.250 e.